The van der Waals surface area contributed by atoms with Crippen LogP contribution in [0.3, 0.4) is 0 Å². The van der Waals surface area contributed by atoms with Crippen LogP contribution in [0.5, 0.6) is 5.75 Å². The third kappa shape index (κ3) is 5.86. The number of aryl methyl sites for hydroxylation is 1. The van der Waals surface area contributed by atoms with E-state index >= 15 is 0 Å². The first kappa shape index (κ1) is 20.5. The lowest BCUT2D eigenvalue weighted by molar-refractivity contribution is -0.147. The molecular formula is C18H25ClN2O5. The molecule has 1 aromatic carbocycles. The second-order valence-corrected chi connectivity index (χ2v) is 6.97. The van der Waals surface area contributed by atoms with Crippen molar-refractivity contribution < 1.29 is 24.2 Å². The molecule has 1 amide bonds. The largest absolute Gasteiger partial charge is 0.480 e. The Bertz CT molecular complexity index is 654. The number of morpholine rings is 1. The number of hydrogen-bond donors (Lipinski definition) is 1. The molecule has 1 fully saturated rings. The zero-order chi connectivity index (χ0) is 19.3. The van der Waals surface area contributed by atoms with Gasteiger partial charge in [-0.3, -0.25) is 14.5 Å². The molecule has 1 heterocycles. The predicted molar refractivity (Wildman–Crippen MR) is 97.7 cm³/mol. The number of carboxylic acid groups (broad SMARTS) is 1. The molecule has 1 aliphatic heterocycles. The van der Waals surface area contributed by atoms with E-state index in [0.29, 0.717) is 37.0 Å². The van der Waals surface area contributed by atoms with Crippen molar-refractivity contribution in [2.75, 3.05) is 39.8 Å². The van der Waals surface area contributed by atoms with Crippen molar-refractivity contribution in [3.8, 4) is 5.75 Å². The lowest BCUT2D eigenvalue weighted by Gasteiger charge is -2.35. The third-order valence-corrected chi connectivity index (χ3v) is 4.42. The van der Waals surface area contributed by atoms with Crippen molar-refractivity contribution in [3.63, 3.8) is 0 Å². The summed E-state index contributed by atoms with van der Waals surface area (Å²) in [5.41, 5.74) is 0.997. The molecule has 1 saturated heterocycles. The summed E-state index contributed by atoms with van der Waals surface area (Å²) in [5.74, 6) is -0.552. The van der Waals surface area contributed by atoms with Crippen LogP contribution in [0.4, 0.5) is 0 Å². The van der Waals surface area contributed by atoms with E-state index in [1.165, 1.54) is 0 Å². The van der Waals surface area contributed by atoms with Crippen LogP contribution in [0.25, 0.3) is 0 Å². The van der Waals surface area contributed by atoms with Gasteiger partial charge in [0.05, 0.1) is 24.3 Å². The minimum atomic E-state index is -0.895. The van der Waals surface area contributed by atoms with E-state index in [-0.39, 0.29) is 18.6 Å². The van der Waals surface area contributed by atoms with Gasteiger partial charge in [-0.05, 0) is 38.6 Å². The van der Waals surface area contributed by atoms with E-state index < -0.39 is 12.1 Å². The number of rotatable bonds is 7. The number of hydrogen-bond acceptors (Lipinski definition) is 5. The molecule has 8 heteroatoms. The Labute approximate surface area is 158 Å². The molecule has 2 rings (SSSR count). The van der Waals surface area contributed by atoms with Crippen molar-refractivity contribution in [2.45, 2.75) is 26.1 Å². The van der Waals surface area contributed by atoms with Gasteiger partial charge in [-0.1, -0.05) is 17.7 Å². The summed E-state index contributed by atoms with van der Waals surface area (Å²) >= 11 is 6.13. The fraction of sp³-hybridized carbons (Fsp3) is 0.556. The summed E-state index contributed by atoms with van der Waals surface area (Å²) in [7, 11) is 1.71. The zero-order valence-electron chi connectivity index (χ0n) is 15.3. The molecule has 1 aliphatic rings. The van der Waals surface area contributed by atoms with Gasteiger partial charge in [0.15, 0.2) is 6.10 Å². The Balaban J connectivity index is 1.93. The predicted octanol–water partition coefficient (Wildman–Crippen LogP) is 1.66. The number of halogens is 1. The molecule has 7 nitrogen and oxygen atoms in total. The van der Waals surface area contributed by atoms with E-state index in [2.05, 4.69) is 0 Å². The average Bonchev–Trinajstić information content (AvgIpc) is 2.56. The number of aliphatic carboxylic acids is 1. The summed E-state index contributed by atoms with van der Waals surface area (Å²) in [6, 6.07) is 5.42. The number of nitrogens with zero attached hydrogens (tertiary/aromatic N) is 2. The summed E-state index contributed by atoms with van der Waals surface area (Å²) in [6.07, 6.45) is -0.906. The van der Waals surface area contributed by atoms with Gasteiger partial charge in [0.1, 0.15) is 5.75 Å². The fourth-order valence-corrected chi connectivity index (χ4v) is 3.03. The molecule has 0 radical (unpaired) electrons. The third-order valence-electron chi connectivity index (χ3n) is 4.11. The maximum absolute atomic E-state index is 12.7. The lowest BCUT2D eigenvalue weighted by Crippen LogP contribution is -2.52. The van der Waals surface area contributed by atoms with E-state index in [9.17, 15) is 9.59 Å². The second-order valence-electron chi connectivity index (χ2n) is 6.56. The van der Waals surface area contributed by atoms with Gasteiger partial charge in [0.25, 0.3) is 5.91 Å². The SMILES string of the molecule is Cc1ccc(Cl)c(O[C@@H](C)C(=O)N2CCO[C@H](CN(C)CC(=O)O)C2)c1. The summed E-state index contributed by atoms with van der Waals surface area (Å²) < 4.78 is 11.4. The minimum absolute atomic E-state index is 0.0703. The Hall–Kier alpha value is -1.83. The number of benzene rings is 1. The second kappa shape index (κ2) is 9.21. The highest BCUT2D eigenvalue weighted by Crippen LogP contribution is 2.26. The number of carbonyl (C=O) groups excluding carboxylic acids is 1. The van der Waals surface area contributed by atoms with Crippen LogP contribution in [-0.2, 0) is 14.3 Å². The van der Waals surface area contributed by atoms with Crippen LogP contribution in [0, 0.1) is 6.92 Å². The highest BCUT2D eigenvalue weighted by atomic mass is 35.5. The molecule has 1 aromatic rings. The monoisotopic (exact) mass is 384 g/mol. The van der Waals surface area contributed by atoms with Crippen LogP contribution in [0.2, 0.25) is 5.02 Å². The first-order valence-electron chi connectivity index (χ1n) is 8.49. The number of likely N-dealkylation sites (N-methyl/N-ethyl adjacent to an activating group) is 1. The van der Waals surface area contributed by atoms with Crippen LogP contribution >= 0.6 is 11.6 Å². The number of carbonyl (C=O) groups is 2. The highest BCUT2D eigenvalue weighted by molar-refractivity contribution is 6.32. The van der Waals surface area contributed by atoms with E-state index in [4.69, 9.17) is 26.2 Å². The van der Waals surface area contributed by atoms with Crippen LogP contribution in [0.15, 0.2) is 18.2 Å². The first-order chi connectivity index (χ1) is 12.3. The molecule has 0 bridgehead atoms. The molecule has 0 saturated carbocycles. The molecular weight excluding hydrogens is 360 g/mol. The highest BCUT2D eigenvalue weighted by Gasteiger charge is 2.29. The smallest absolute Gasteiger partial charge is 0.317 e. The van der Waals surface area contributed by atoms with Crippen LogP contribution in [0.1, 0.15) is 12.5 Å². The molecule has 26 heavy (non-hydrogen) atoms. The van der Waals surface area contributed by atoms with E-state index in [0.717, 1.165) is 5.56 Å². The van der Waals surface area contributed by atoms with Gasteiger partial charge in [0.2, 0.25) is 0 Å². The molecule has 0 spiro atoms. The topological polar surface area (TPSA) is 79.3 Å². The molecule has 2 atom stereocenters. The lowest BCUT2D eigenvalue weighted by atomic mass is 10.2. The first-order valence-corrected chi connectivity index (χ1v) is 8.87. The van der Waals surface area contributed by atoms with Crippen molar-refractivity contribution in [1.29, 1.82) is 0 Å². The van der Waals surface area contributed by atoms with Crippen molar-refractivity contribution in [1.82, 2.24) is 9.80 Å². The summed E-state index contributed by atoms with van der Waals surface area (Å²) in [5, 5.41) is 9.30. The van der Waals surface area contributed by atoms with Gasteiger partial charge in [-0.2, -0.15) is 0 Å². The van der Waals surface area contributed by atoms with Gasteiger partial charge in [-0.25, -0.2) is 0 Å². The molecule has 0 unspecified atom stereocenters. The molecule has 0 aliphatic carbocycles. The Morgan fingerprint density at radius 2 is 2.23 bits per heavy atom. The minimum Gasteiger partial charge on any atom is -0.480 e. The van der Waals surface area contributed by atoms with Gasteiger partial charge >= 0.3 is 5.97 Å². The maximum atomic E-state index is 12.7. The molecule has 0 aromatic heterocycles. The van der Waals surface area contributed by atoms with Crippen LogP contribution in [-0.4, -0.2) is 78.8 Å². The average molecular weight is 385 g/mol. The van der Waals surface area contributed by atoms with Gasteiger partial charge < -0.3 is 19.5 Å². The van der Waals surface area contributed by atoms with Crippen molar-refractivity contribution in [3.05, 3.63) is 28.8 Å². The Morgan fingerprint density at radius 1 is 1.50 bits per heavy atom. The summed E-state index contributed by atoms with van der Waals surface area (Å²) in [4.78, 5) is 26.8. The normalized spacial score (nSPS) is 18.7. The van der Waals surface area contributed by atoms with Crippen molar-refractivity contribution >= 4 is 23.5 Å². The zero-order valence-corrected chi connectivity index (χ0v) is 16.0. The van der Waals surface area contributed by atoms with Crippen molar-refractivity contribution in [2.24, 2.45) is 0 Å². The Kier molecular flexibility index (Phi) is 7.25. The maximum Gasteiger partial charge on any atom is 0.317 e. The van der Waals surface area contributed by atoms with E-state index in [1.54, 1.807) is 35.9 Å². The molecule has 1 N–H and O–H groups in total. The molecule has 144 valence electrons. The number of carboxylic acids is 1. The fourth-order valence-electron chi connectivity index (χ4n) is 2.87. The standard InChI is InChI=1S/C18H25ClN2O5/c1-12-4-5-15(19)16(8-12)26-13(2)18(24)21-6-7-25-14(10-21)9-20(3)11-17(22)23/h4-5,8,13-14H,6-7,9-11H2,1-3H3,(H,22,23)/t13-,14+/m0/s1. The number of amides is 1. The van der Waals surface area contributed by atoms with Gasteiger partial charge in [0, 0.05) is 19.6 Å². The quantitative estimate of drug-likeness (QED) is 0.770. The van der Waals surface area contributed by atoms with Gasteiger partial charge in [-0.15, -0.1) is 0 Å². The van der Waals surface area contributed by atoms with Crippen LogP contribution < -0.4 is 4.74 Å². The van der Waals surface area contributed by atoms with E-state index in [1.807, 2.05) is 13.0 Å². The number of ether oxygens (including phenoxy) is 2. The summed E-state index contributed by atoms with van der Waals surface area (Å²) in [6.45, 7) is 5.28. The Morgan fingerprint density at radius 3 is 2.92 bits per heavy atom.